The molecule has 0 bridgehead atoms. The second-order valence-electron chi connectivity index (χ2n) is 3.86. The van der Waals surface area contributed by atoms with Crippen LogP contribution in [0, 0.1) is 0 Å². The summed E-state index contributed by atoms with van der Waals surface area (Å²) in [6.45, 7) is 2.17. The Kier molecular flexibility index (Phi) is 2.67. The van der Waals surface area contributed by atoms with Crippen molar-refractivity contribution in [2.75, 3.05) is 14.2 Å². The summed E-state index contributed by atoms with van der Waals surface area (Å²) in [5.74, 6) is 1.71. The number of rotatable bonds is 2. The van der Waals surface area contributed by atoms with Gasteiger partial charge in [-0.15, -0.1) is 0 Å². The molecular weight excluding hydrogens is 188 g/mol. The fourth-order valence-electron chi connectivity index (χ4n) is 2.06. The molecular formula is C13H16O2. The van der Waals surface area contributed by atoms with Gasteiger partial charge in [0.25, 0.3) is 0 Å². The fraction of sp³-hybridized carbons (Fsp3) is 0.385. The number of hydrogen-bond acceptors (Lipinski definition) is 2. The maximum atomic E-state index is 5.42. The number of fused-ring (bicyclic) bond motifs is 1. The minimum absolute atomic E-state index is 0.823. The molecule has 1 aliphatic rings. The third-order valence-electron chi connectivity index (χ3n) is 2.86. The highest BCUT2D eigenvalue weighted by atomic mass is 16.5. The highest BCUT2D eigenvalue weighted by Gasteiger charge is 2.16. The maximum Gasteiger partial charge on any atom is 0.164 e. The van der Waals surface area contributed by atoms with Crippen molar-refractivity contribution in [2.45, 2.75) is 19.8 Å². The zero-order chi connectivity index (χ0) is 10.8. The van der Waals surface area contributed by atoms with Gasteiger partial charge in [0.2, 0.25) is 0 Å². The zero-order valence-corrected chi connectivity index (χ0v) is 9.46. The van der Waals surface area contributed by atoms with Crippen molar-refractivity contribution in [1.29, 1.82) is 0 Å². The van der Waals surface area contributed by atoms with Crippen LogP contribution in [0.5, 0.6) is 11.5 Å². The number of allylic oxidation sites excluding steroid dienone is 1. The van der Waals surface area contributed by atoms with Crippen LogP contribution in [0.2, 0.25) is 0 Å². The van der Waals surface area contributed by atoms with Crippen molar-refractivity contribution in [2.24, 2.45) is 0 Å². The van der Waals surface area contributed by atoms with Gasteiger partial charge in [0.1, 0.15) is 0 Å². The lowest BCUT2D eigenvalue weighted by Crippen LogP contribution is -2.02. The fourth-order valence-corrected chi connectivity index (χ4v) is 2.06. The van der Waals surface area contributed by atoms with Crippen LogP contribution in [0.15, 0.2) is 17.7 Å². The molecule has 0 atom stereocenters. The lowest BCUT2D eigenvalue weighted by molar-refractivity contribution is 0.351. The van der Waals surface area contributed by atoms with E-state index >= 15 is 0 Å². The molecule has 1 aromatic carbocycles. The molecule has 0 heterocycles. The predicted molar refractivity (Wildman–Crippen MR) is 61.5 cm³/mol. The van der Waals surface area contributed by atoms with Gasteiger partial charge in [-0.2, -0.15) is 0 Å². The van der Waals surface area contributed by atoms with E-state index < -0.39 is 0 Å². The van der Waals surface area contributed by atoms with Crippen molar-refractivity contribution in [3.63, 3.8) is 0 Å². The summed E-state index contributed by atoms with van der Waals surface area (Å²) < 4.78 is 10.7. The van der Waals surface area contributed by atoms with Crippen molar-refractivity contribution in [3.8, 4) is 11.5 Å². The normalized spacial score (nSPS) is 14.2. The van der Waals surface area contributed by atoms with Gasteiger partial charge < -0.3 is 9.47 Å². The molecule has 80 valence electrons. The Balaban J connectivity index is 2.56. The lowest BCUT2D eigenvalue weighted by atomic mass is 9.92. The van der Waals surface area contributed by atoms with Crippen LogP contribution in [0.25, 0.3) is 6.08 Å². The Labute approximate surface area is 90.5 Å². The summed E-state index contributed by atoms with van der Waals surface area (Å²) in [5, 5.41) is 0. The summed E-state index contributed by atoms with van der Waals surface area (Å²) in [6, 6.07) is 4.06. The van der Waals surface area contributed by atoms with Crippen LogP contribution in [0.3, 0.4) is 0 Å². The first kappa shape index (κ1) is 10.1. The standard InChI is InChI=1S/C13H16O2/c1-9-4-6-11-10(8-9)5-7-12(14-2)13(11)15-3/h5,7-8H,4,6H2,1-3H3. The van der Waals surface area contributed by atoms with Crippen molar-refractivity contribution in [1.82, 2.24) is 0 Å². The molecule has 0 saturated carbocycles. The summed E-state index contributed by atoms with van der Waals surface area (Å²) in [4.78, 5) is 0. The Morgan fingerprint density at radius 2 is 1.87 bits per heavy atom. The second-order valence-corrected chi connectivity index (χ2v) is 3.86. The first-order valence-electron chi connectivity index (χ1n) is 5.17. The van der Waals surface area contributed by atoms with E-state index in [4.69, 9.17) is 9.47 Å². The van der Waals surface area contributed by atoms with Crippen molar-refractivity contribution < 1.29 is 9.47 Å². The minimum atomic E-state index is 0.823. The van der Waals surface area contributed by atoms with Crippen LogP contribution >= 0.6 is 0 Å². The van der Waals surface area contributed by atoms with Crippen LogP contribution < -0.4 is 9.47 Å². The van der Waals surface area contributed by atoms with E-state index in [9.17, 15) is 0 Å². The lowest BCUT2D eigenvalue weighted by Gasteiger charge is -2.19. The highest BCUT2D eigenvalue weighted by molar-refractivity contribution is 5.65. The van der Waals surface area contributed by atoms with Crippen molar-refractivity contribution in [3.05, 3.63) is 28.8 Å². The van der Waals surface area contributed by atoms with E-state index in [2.05, 4.69) is 19.1 Å². The molecule has 0 N–H and O–H groups in total. The van der Waals surface area contributed by atoms with E-state index in [1.54, 1.807) is 14.2 Å². The molecule has 1 aliphatic carbocycles. The Bertz CT molecular complexity index is 405. The molecule has 0 aliphatic heterocycles. The Hall–Kier alpha value is -1.44. The van der Waals surface area contributed by atoms with Crippen LogP contribution in [-0.2, 0) is 6.42 Å². The van der Waals surface area contributed by atoms with Gasteiger partial charge in [-0.25, -0.2) is 0 Å². The largest absolute Gasteiger partial charge is 0.493 e. The molecule has 1 aromatic rings. The van der Waals surface area contributed by atoms with Crippen LogP contribution in [0.1, 0.15) is 24.5 Å². The molecule has 2 heteroatoms. The quantitative estimate of drug-likeness (QED) is 0.737. The third-order valence-corrected chi connectivity index (χ3v) is 2.86. The summed E-state index contributed by atoms with van der Waals surface area (Å²) in [6.07, 6.45) is 4.37. The van der Waals surface area contributed by atoms with Gasteiger partial charge in [-0.3, -0.25) is 0 Å². The second kappa shape index (κ2) is 3.97. The van der Waals surface area contributed by atoms with E-state index in [-0.39, 0.29) is 0 Å². The highest BCUT2D eigenvalue weighted by Crippen LogP contribution is 2.37. The molecule has 0 fully saturated rings. The Morgan fingerprint density at radius 3 is 2.53 bits per heavy atom. The van der Waals surface area contributed by atoms with Crippen LogP contribution in [0.4, 0.5) is 0 Å². The zero-order valence-electron chi connectivity index (χ0n) is 9.46. The maximum absolute atomic E-state index is 5.42. The number of benzene rings is 1. The molecule has 0 unspecified atom stereocenters. The predicted octanol–water partition coefficient (Wildman–Crippen LogP) is 3.05. The van der Waals surface area contributed by atoms with E-state index in [1.165, 1.54) is 16.7 Å². The average molecular weight is 204 g/mol. The molecule has 0 saturated heterocycles. The topological polar surface area (TPSA) is 18.5 Å². The van der Waals surface area contributed by atoms with Crippen molar-refractivity contribution >= 4 is 6.08 Å². The molecule has 0 aromatic heterocycles. The van der Waals surface area contributed by atoms with Gasteiger partial charge in [-0.1, -0.05) is 17.7 Å². The van der Waals surface area contributed by atoms with Gasteiger partial charge in [-0.05, 0) is 31.4 Å². The molecule has 15 heavy (non-hydrogen) atoms. The summed E-state index contributed by atoms with van der Waals surface area (Å²) in [5.41, 5.74) is 3.95. The first-order valence-corrected chi connectivity index (χ1v) is 5.17. The van der Waals surface area contributed by atoms with Gasteiger partial charge in [0, 0.05) is 5.56 Å². The van der Waals surface area contributed by atoms with Gasteiger partial charge in [0.05, 0.1) is 14.2 Å². The summed E-state index contributed by atoms with van der Waals surface area (Å²) in [7, 11) is 3.37. The minimum Gasteiger partial charge on any atom is -0.493 e. The molecule has 2 rings (SSSR count). The molecule has 0 spiro atoms. The molecule has 0 radical (unpaired) electrons. The average Bonchev–Trinajstić information content (AvgIpc) is 2.27. The molecule has 0 amide bonds. The summed E-state index contributed by atoms with van der Waals surface area (Å²) >= 11 is 0. The SMILES string of the molecule is COc1ccc2c(c1OC)CCC(C)=C2. The molecule has 2 nitrogen and oxygen atoms in total. The first-order chi connectivity index (χ1) is 7.26. The van der Waals surface area contributed by atoms with E-state index in [0.717, 1.165) is 24.3 Å². The number of ether oxygens (including phenoxy) is 2. The van der Waals surface area contributed by atoms with Gasteiger partial charge in [0.15, 0.2) is 11.5 Å². The number of hydrogen-bond donors (Lipinski definition) is 0. The van der Waals surface area contributed by atoms with Crippen LogP contribution in [-0.4, -0.2) is 14.2 Å². The third kappa shape index (κ3) is 1.72. The number of methoxy groups -OCH3 is 2. The Morgan fingerprint density at radius 1 is 1.07 bits per heavy atom. The van der Waals surface area contributed by atoms with E-state index in [0.29, 0.717) is 0 Å². The van der Waals surface area contributed by atoms with E-state index in [1.807, 2.05) is 6.07 Å². The smallest absolute Gasteiger partial charge is 0.164 e. The van der Waals surface area contributed by atoms with Gasteiger partial charge >= 0.3 is 0 Å². The monoisotopic (exact) mass is 204 g/mol.